The standard InChI is InChI=1S/C18H21BF2O4/c1-17(2)18(3,4)25-19(24-17)13-9-12(23-10-22-5)8-11-6-7-14(20)16(21)15(11)13/h6-9H,10H2,1-5H3. The third-order valence-corrected chi connectivity index (χ3v) is 4.86. The van der Waals surface area contributed by atoms with Gasteiger partial charge < -0.3 is 18.8 Å². The van der Waals surface area contributed by atoms with Gasteiger partial charge in [0.1, 0.15) is 5.75 Å². The minimum atomic E-state index is -0.930. The van der Waals surface area contributed by atoms with Crippen LogP contribution in [-0.2, 0) is 14.0 Å². The molecule has 1 heterocycles. The summed E-state index contributed by atoms with van der Waals surface area (Å²) >= 11 is 0. The van der Waals surface area contributed by atoms with Crippen LogP contribution in [0.2, 0.25) is 0 Å². The van der Waals surface area contributed by atoms with Gasteiger partial charge in [0.25, 0.3) is 0 Å². The largest absolute Gasteiger partial charge is 0.495 e. The maximum Gasteiger partial charge on any atom is 0.495 e. The van der Waals surface area contributed by atoms with E-state index in [1.54, 1.807) is 12.1 Å². The van der Waals surface area contributed by atoms with Gasteiger partial charge in [0.2, 0.25) is 0 Å². The van der Waals surface area contributed by atoms with Crippen LogP contribution in [0.3, 0.4) is 0 Å². The van der Waals surface area contributed by atoms with Gasteiger partial charge in [-0.05, 0) is 56.7 Å². The average Bonchev–Trinajstić information content (AvgIpc) is 2.76. The summed E-state index contributed by atoms with van der Waals surface area (Å²) in [7, 11) is 0.667. The zero-order chi connectivity index (χ0) is 18.4. The van der Waals surface area contributed by atoms with Crippen LogP contribution in [0.1, 0.15) is 27.7 Å². The molecular weight excluding hydrogens is 329 g/mol. The Labute approximate surface area is 146 Å². The molecule has 134 valence electrons. The third-order valence-electron chi connectivity index (χ3n) is 4.86. The summed E-state index contributed by atoms with van der Waals surface area (Å²) in [6.45, 7) is 7.64. The van der Waals surface area contributed by atoms with Crippen LogP contribution in [0.4, 0.5) is 8.78 Å². The van der Waals surface area contributed by atoms with Crippen molar-refractivity contribution in [3.63, 3.8) is 0 Å². The molecule has 2 aromatic rings. The van der Waals surface area contributed by atoms with E-state index in [1.165, 1.54) is 13.2 Å². The second-order valence-electron chi connectivity index (χ2n) is 7.11. The predicted octanol–water partition coefficient (Wildman–Crippen LogP) is 3.40. The van der Waals surface area contributed by atoms with Gasteiger partial charge in [-0.15, -0.1) is 0 Å². The summed E-state index contributed by atoms with van der Waals surface area (Å²) in [5.41, 5.74) is -0.812. The van der Waals surface area contributed by atoms with Crippen LogP contribution >= 0.6 is 0 Å². The highest BCUT2D eigenvalue weighted by atomic mass is 19.2. The maximum atomic E-state index is 14.5. The van der Waals surface area contributed by atoms with Crippen LogP contribution in [0.15, 0.2) is 24.3 Å². The van der Waals surface area contributed by atoms with E-state index in [0.717, 1.165) is 6.07 Å². The molecule has 0 N–H and O–H groups in total. The van der Waals surface area contributed by atoms with Crippen molar-refractivity contribution < 1.29 is 27.6 Å². The van der Waals surface area contributed by atoms with E-state index >= 15 is 0 Å². The van der Waals surface area contributed by atoms with Crippen LogP contribution < -0.4 is 10.2 Å². The summed E-state index contributed by atoms with van der Waals surface area (Å²) in [6, 6.07) is 5.82. The van der Waals surface area contributed by atoms with Crippen molar-refractivity contribution in [2.75, 3.05) is 13.9 Å². The lowest BCUT2D eigenvalue weighted by molar-refractivity contribution is 0.00578. The number of benzene rings is 2. The first-order chi connectivity index (χ1) is 11.7. The molecule has 0 spiro atoms. The van der Waals surface area contributed by atoms with Gasteiger partial charge in [-0.25, -0.2) is 8.78 Å². The van der Waals surface area contributed by atoms with E-state index in [4.69, 9.17) is 18.8 Å². The normalized spacial score (nSPS) is 18.8. The van der Waals surface area contributed by atoms with Crippen LogP contribution in [0.5, 0.6) is 5.75 Å². The fourth-order valence-electron chi connectivity index (χ4n) is 2.77. The summed E-state index contributed by atoms with van der Waals surface area (Å²) in [4.78, 5) is 0. The lowest BCUT2D eigenvalue weighted by Crippen LogP contribution is -2.41. The molecule has 3 rings (SSSR count). The Morgan fingerprint density at radius 1 is 1.04 bits per heavy atom. The molecule has 1 aliphatic rings. The van der Waals surface area contributed by atoms with E-state index in [-0.39, 0.29) is 12.2 Å². The van der Waals surface area contributed by atoms with E-state index in [0.29, 0.717) is 16.6 Å². The lowest BCUT2D eigenvalue weighted by Gasteiger charge is -2.32. The molecule has 0 bridgehead atoms. The summed E-state index contributed by atoms with van der Waals surface area (Å²) in [5, 5.41) is 0.625. The van der Waals surface area contributed by atoms with Crippen molar-refractivity contribution in [3.05, 3.63) is 35.9 Å². The maximum absolute atomic E-state index is 14.5. The molecule has 0 saturated carbocycles. The van der Waals surface area contributed by atoms with Gasteiger partial charge in [-0.2, -0.15) is 0 Å². The average molecular weight is 350 g/mol. The summed E-state index contributed by atoms with van der Waals surface area (Å²) in [5.74, 6) is -1.39. The minimum absolute atomic E-state index is 0.0397. The second-order valence-corrected chi connectivity index (χ2v) is 7.11. The van der Waals surface area contributed by atoms with E-state index in [1.807, 2.05) is 27.7 Å². The van der Waals surface area contributed by atoms with E-state index in [2.05, 4.69) is 0 Å². The highest BCUT2D eigenvalue weighted by molar-refractivity contribution is 6.65. The van der Waals surface area contributed by atoms with E-state index < -0.39 is 30.0 Å². The van der Waals surface area contributed by atoms with Crippen molar-refractivity contribution in [1.29, 1.82) is 0 Å². The second kappa shape index (κ2) is 6.23. The number of hydrogen-bond donors (Lipinski definition) is 0. The Hall–Kier alpha value is -1.70. The number of rotatable bonds is 4. The van der Waals surface area contributed by atoms with E-state index in [9.17, 15) is 8.78 Å². The SMILES string of the molecule is COCOc1cc(B2OC(C)(C)C(C)(C)O2)c2c(F)c(F)ccc2c1. The molecule has 2 aromatic carbocycles. The van der Waals surface area contributed by atoms with Gasteiger partial charge in [0, 0.05) is 12.5 Å². The molecule has 0 aliphatic carbocycles. The molecule has 7 heteroatoms. The number of fused-ring (bicyclic) bond motifs is 1. The van der Waals surface area contributed by atoms with Gasteiger partial charge in [0.15, 0.2) is 18.4 Å². The summed E-state index contributed by atoms with van der Waals surface area (Å²) in [6.07, 6.45) is 0. The molecule has 0 amide bonds. The fourth-order valence-corrected chi connectivity index (χ4v) is 2.77. The molecule has 1 fully saturated rings. The smallest absolute Gasteiger partial charge is 0.468 e. The Balaban J connectivity index is 2.16. The molecule has 25 heavy (non-hydrogen) atoms. The van der Waals surface area contributed by atoms with Crippen molar-refractivity contribution in [2.45, 2.75) is 38.9 Å². The molecule has 1 saturated heterocycles. The van der Waals surface area contributed by atoms with Crippen molar-refractivity contribution in [3.8, 4) is 5.75 Å². The topological polar surface area (TPSA) is 36.9 Å². The van der Waals surface area contributed by atoms with Gasteiger partial charge >= 0.3 is 7.12 Å². The van der Waals surface area contributed by atoms with Gasteiger partial charge in [0.05, 0.1) is 11.2 Å². The molecule has 4 nitrogen and oxygen atoms in total. The molecule has 0 radical (unpaired) electrons. The molecule has 0 atom stereocenters. The monoisotopic (exact) mass is 350 g/mol. The number of methoxy groups -OCH3 is 1. The first kappa shape index (κ1) is 18.1. The highest BCUT2D eigenvalue weighted by Gasteiger charge is 2.52. The van der Waals surface area contributed by atoms with Crippen molar-refractivity contribution in [2.24, 2.45) is 0 Å². The Morgan fingerprint density at radius 2 is 1.68 bits per heavy atom. The third kappa shape index (κ3) is 3.12. The lowest BCUT2D eigenvalue weighted by atomic mass is 9.75. The molecule has 0 unspecified atom stereocenters. The first-order valence-corrected chi connectivity index (χ1v) is 8.05. The quantitative estimate of drug-likeness (QED) is 0.626. The van der Waals surface area contributed by atoms with Crippen LogP contribution in [0.25, 0.3) is 10.8 Å². The van der Waals surface area contributed by atoms with Crippen LogP contribution in [-0.4, -0.2) is 32.2 Å². The minimum Gasteiger partial charge on any atom is -0.468 e. The van der Waals surface area contributed by atoms with Gasteiger partial charge in [-0.3, -0.25) is 0 Å². The highest BCUT2D eigenvalue weighted by Crippen LogP contribution is 2.37. The Kier molecular flexibility index (Phi) is 4.51. The number of hydrogen-bond acceptors (Lipinski definition) is 4. The predicted molar refractivity (Wildman–Crippen MR) is 92.1 cm³/mol. The zero-order valence-electron chi connectivity index (χ0n) is 15.0. The number of halogens is 2. The summed E-state index contributed by atoms with van der Waals surface area (Å²) < 4.78 is 50.8. The van der Waals surface area contributed by atoms with Crippen molar-refractivity contribution >= 4 is 23.4 Å². The molecular formula is C18H21BF2O4. The van der Waals surface area contributed by atoms with Gasteiger partial charge in [-0.1, -0.05) is 6.07 Å². The number of ether oxygens (including phenoxy) is 2. The Morgan fingerprint density at radius 3 is 2.28 bits per heavy atom. The fraction of sp³-hybridized carbons (Fsp3) is 0.444. The van der Waals surface area contributed by atoms with Crippen LogP contribution in [0, 0.1) is 11.6 Å². The zero-order valence-corrected chi connectivity index (χ0v) is 15.0. The molecule has 1 aliphatic heterocycles. The first-order valence-electron chi connectivity index (χ1n) is 8.05. The molecule has 0 aromatic heterocycles. The Bertz CT molecular complexity index is 791. The van der Waals surface area contributed by atoms with Crippen molar-refractivity contribution in [1.82, 2.24) is 0 Å².